The number of fused-ring (bicyclic) bond motifs is 3. The summed E-state index contributed by atoms with van der Waals surface area (Å²) in [4.78, 5) is 14.5. The Morgan fingerprint density at radius 3 is 2.72 bits per heavy atom. The van der Waals surface area contributed by atoms with Gasteiger partial charge in [-0.2, -0.15) is 0 Å². The van der Waals surface area contributed by atoms with Gasteiger partial charge in [0, 0.05) is 11.5 Å². The third kappa shape index (κ3) is 1.11. The molecular weight excluding hydrogens is 226 g/mol. The van der Waals surface area contributed by atoms with E-state index in [0.29, 0.717) is 24.5 Å². The minimum atomic E-state index is -0.160. The lowest BCUT2D eigenvalue weighted by Gasteiger charge is -2.27. The van der Waals surface area contributed by atoms with Crippen LogP contribution in [-0.2, 0) is 9.53 Å². The van der Waals surface area contributed by atoms with Crippen LogP contribution < -0.4 is 0 Å². The molecule has 2 heterocycles. The molecule has 1 amide bonds. The van der Waals surface area contributed by atoms with Crippen LogP contribution in [0, 0.1) is 17.3 Å². The van der Waals surface area contributed by atoms with Crippen molar-refractivity contribution in [3.8, 4) is 0 Å². The molecule has 4 atom stereocenters. The number of carbonyl (C=O) groups excluding carboxylic acids is 1. The number of hydrogen-bond acceptors (Lipinski definition) is 2. The summed E-state index contributed by atoms with van der Waals surface area (Å²) >= 11 is 0. The Balaban J connectivity index is 1.67. The largest absolute Gasteiger partial charge is 0.352 e. The molecule has 1 aromatic carbocycles. The smallest absolute Gasteiger partial charge is 0.229 e. The highest BCUT2D eigenvalue weighted by Gasteiger charge is 2.73. The van der Waals surface area contributed by atoms with Crippen molar-refractivity contribution in [1.82, 2.24) is 4.90 Å². The van der Waals surface area contributed by atoms with Gasteiger partial charge in [-0.25, -0.2) is 0 Å². The van der Waals surface area contributed by atoms with Gasteiger partial charge < -0.3 is 9.64 Å². The van der Waals surface area contributed by atoms with Crippen LogP contribution in [0.3, 0.4) is 0 Å². The van der Waals surface area contributed by atoms with Crippen molar-refractivity contribution in [2.75, 3.05) is 6.61 Å². The molecule has 0 N–H and O–H groups in total. The molecule has 1 aromatic rings. The summed E-state index contributed by atoms with van der Waals surface area (Å²) in [5.41, 5.74) is 1.28. The van der Waals surface area contributed by atoms with Crippen LogP contribution in [0.15, 0.2) is 30.3 Å². The first-order valence-electron chi connectivity index (χ1n) is 6.61. The predicted octanol–water partition coefficient (Wildman–Crippen LogP) is 2.20. The number of piperidine rings is 1. The Morgan fingerprint density at radius 1 is 1.28 bits per heavy atom. The van der Waals surface area contributed by atoms with Gasteiger partial charge >= 0.3 is 0 Å². The Kier molecular flexibility index (Phi) is 1.85. The van der Waals surface area contributed by atoms with Crippen LogP contribution in [0.25, 0.3) is 0 Å². The predicted molar refractivity (Wildman–Crippen MR) is 66.5 cm³/mol. The van der Waals surface area contributed by atoms with E-state index >= 15 is 0 Å². The highest BCUT2D eigenvalue weighted by molar-refractivity contribution is 5.87. The molecule has 4 unspecified atom stereocenters. The average molecular weight is 243 g/mol. The van der Waals surface area contributed by atoms with E-state index in [-0.39, 0.29) is 17.6 Å². The molecule has 2 saturated heterocycles. The van der Waals surface area contributed by atoms with Crippen molar-refractivity contribution < 1.29 is 9.53 Å². The molecule has 94 valence electrons. The molecule has 4 rings (SSSR count). The lowest BCUT2D eigenvalue weighted by atomic mass is 10.0. The normalized spacial score (nSPS) is 39.7. The van der Waals surface area contributed by atoms with E-state index in [4.69, 9.17) is 4.74 Å². The fourth-order valence-corrected chi connectivity index (χ4v) is 3.98. The Bertz CT molecular complexity index is 510. The number of rotatable bonds is 1. The van der Waals surface area contributed by atoms with Gasteiger partial charge in [-0.15, -0.1) is 0 Å². The van der Waals surface area contributed by atoms with E-state index in [1.807, 2.05) is 35.2 Å². The second-order valence-corrected chi connectivity index (χ2v) is 6.23. The standard InChI is InChI=1S/C15H17NO2/c1-15(2)11-10-8-18-14(9-6-4-3-5-7-9)16(10)13(17)12(11)15/h3-7,10-12,14H,8H2,1-2H3. The summed E-state index contributed by atoms with van der Waals surface area (Å²) < 4.78 is 5.87. The second-order valence-electron chi connectivity index (χ2n) is 6.23. The van der Waals surface area contributed by atoms with E-state index in [9.17, 15) is 4.79 Å². The van der Waals surface area contributed by atoms with Crippen LogP contribution in [-0.4, -0.2) is 23.5 Å². The minimum absolute atomic E-state index is 0.160. The van der Waals surface area contributed by atoms with Crippen molar-refractivity contribution in [2.24, 2.45) is 17.3 Å². The number of ether oxygens (including phenoxy) is 1. The monoisotopic (exact) mass is 243 g/mol. The van der Waals surface area contributed by atoms with E-state index in [0.717, 1.165) is 5.56 Å². The molecule has 18 heavy (non-hydrogen) atoms. The quantitative estimate of drug-likeness (QED) is 0.756. The maximum atomic E-state index is 12.5. The summed E-state index contributed by atoms with van der Waals surface area (Å²) in [7, 11) is 0. The van der Waals surface area contributed by atoms with Gasteiger partial charge in [-0.05, 0) is 11.3 Å². The number of benzene rings is 1. The second kappa shape index (κ2) is 3.15. The van der Waals surface area contributed by atoms with Gasteiger partial charge in [0.2, 0.25) is 5.91 Å². The molecule has 1 saturated carbocycles. The molecule has 3 nitrogen and oxygen atoms in total. The molecule has 0 bridgehead atoms. The van der Waals surface area contributed by atoms with Crippen molar-refractivity contribution in [3.63, 3.8) is 0 Å². The number of nitrogens with zero attached hydrogens (tertiary/aromatic N) is 1. The van der Waals surface area contributed by atoms with Gasteiger partial charge in [0.25, 0.3) is 0 Å². The highest BCUT2D eigenvalue weighted by atomic mass is 16.5. The molecule has 3 fully saturated rings. The topological polar surface area (TPSA) is 29.5 Å². The van der Waals surface area contributed by atoms with E-state index in [2.05, 4.69) is 13.8 Å². The summed E-state index contributed by atoms with van der Waals surface area (Å²) in [5.74, 6) is 1.03. The first kappa shape index (κ1) is 10.6. The summed E-state index contributed by atoms with van der Waals surface area (Å²) in [6.45, 7) is 5.09. The van der Waals surface area contributed by atoms with E-state index in [1.54, 1.807) is 0 Å². The Morgan fingerprint density at radius 2 is 2.00 bits per heavy atom. The van der Waals surface area contributed by atoms with E-state index in [1.165, 1.54) is 0 Å². The van der Waals surface area contributed by atoms with Crippen LogP contribution in [0.4, 0.5) is 0 Å². The van der Waals surface area contributed by atoms with Crippen molar-refractivity contribution >= 4 is 5.91 Å². The van der Waals surface area contributed by atoms with Crippen molar-refractivity contribution in [3.05, 3.63) is 35.9 Å². The van der Waals surface area contributed by atoms with Gasteiger partial charge in [0.05, 0.1) is 12.6 Å². The molecule has 1 aliphatic carbocycles. The summed E-state index contributed by atoms with van der Waals surface area (Å²) in [5, 5.41) is 0. The van der Waals surface area contributed by atoms with Gasteiger partial charge in [0.1, 0.15) is 0 Å². The SMILES string of the molecule is CC1(C)C2C(=O)N3C(c4ccccc4)OCC3C21. The third-order valence-electron chi connectivity index (χ3n) is 4.97. The van der Waals surface area contributed by atoms with Crippen LogP contribution in [0.2, 0.25) is 0 Å². The van der Waals surface area contributed by atoms with Crippen LogP contribution in [0.1, 0.15) is 25.6 Å². The summed E-state index contributed by atoms with van der Waals surface area (Å²) in [6.07, 6.45) is -0.160. The number of carbonyl (C=O) groups is 1. The number of hydrogen-bond donors (Lipinski definition) is 0. The average Bonchev–Trinajstić information content (AvgIpc) is 2.70. The minimum Gasteiger partial charge on any atom is -0.352 e. The van der Waals surface area contributed by atoms with Gasteiger partial charge in [0.15, 0.2) is 6.23 Å². The van der Waals surface area contributed by atoms with E-state index < -0.39 is 0 Å². The number of amides is 1. The first-order valence-corrected chi connectivity index (χ1v) is 6.61. The molecule has 3 heteroatoms. The van der Waals surface area contributed by atoms with Crippen molar-refractivity contribution in [2.45, 2.75) is 26.1 Å². The maximum Gasteiger partial charge on any atom is 0.229 e. The zero-order valence-electron chi connectivity index (χ0n) is 10.7. The molecule has 0 radical (unpaired) electrons. The van der Waals surface area contributed by atoms with Crippen LogP contribution >= 0.6 is 0 Å². The molecule has 3 aliphatic rings. The molecular formula is C15H17NO2. The third-order valence-corrected chi connectivity index (χ3v) is 4.97. The summed E-state index contributed by atoms with van der Waals surface area (Å²) in [6, 6.07) is 10.4. The lowest BCUT2D eigenvalue weighted by molar-refractivity contribution is -0.137. The van der Waals surface area contributed by atoms with Crippen LogP contribution in [0.5, 0.6) is 0 Å². The maximum absolute atomic E-state index is 12.5. The molecule has 0 aromatic heterocycles. The Labute approximate surface area is 107 Å². The zero-order valence-corrected chi connectivity index (χ0v) is 10.7. The Hall–Kier alpha value is -1.35. The first-order chi connectivity index (χ1) is 8.62. The molecule has 0 spiro atoms. The molecule has 2 aliphatic heterocycles. The highest BCUT2D eigenvalue weighted by Crippen LogP contribution is 2.67. The van der Waals surface area contributed by atoms with Gasteiger partial charge in [-0.3, -0.25) is 4.79 Å². The zero-order chi connectivity index (χ0) is 12.5. The fraction of sp³-hybridized carbons (Fsp3) is 0.533. The fourth-order valence-electron chi connectivity index (χ4n) is 3.98. The lowest BCUT2D eigenvalue weighted by Crippen LogP contribution is -2.37. The van der Waals surface area contributed by atoms with Gasteiger partial charge in [-0.1, -0.05) is 44.2 Å². The van der Waals surface area contributed by atoms with Crippen molar-refractivity contribution in [1.29, 1.82) is 0 Å².